The fraction of sp³-hybridized carbons (Fsp3) is 0.333. The van der Waals surface area contributed by atoms with Crippen molar-refractivity contribution in [1.29, 1.82) is 0 Å². The lowest BCUT2D eigenvalue weighted by Gasteiger charge is -2.35. The molecule has 0 saturated carbocycles. The average molecular weight is 512 g/mol. The minimum Gasteiger partial charge on any atom is -0.325 e. The molecule has 2 aromatic heterocycles. The van der Waals surface area contributed by atoms with Crippen LogP contribution in [0.2, 0.25) is 5.02 Å². The Balaban J connectivity index is 1.55. The fourth-order valence-corrected chi connectivity index (χ4v) is 6.06. The van der Waals surface area contributed by atoms with Crippen molar-refractivity contribution in [3.8, 4) is 11.1 Å². The molecular formula is C21H23ClFN5O3S2. The summed E-state index contributed by atoms with van der Waals surface area (Å²) in [6.45, 7) is 4.07. The number of benzene rings is 1. The van der Waals surface area contributed by atoms with Gasteiger partial charge in [0, 0.05) is 35.4 Å². The Morgan fingerprint density at radius 1 is 1.33 bits per heavy atom. The molecule has 0 bridgehead atoms. The number of carbonyl (C=O) groups excluding carboxylic acids is 1. The van der Waals surface area contributed by atoms with Gasteiger partial charge in [0.25, 0.3) is 10.2 Å². The second kappa shape index (κ2) is 9.15. The summed E-state index contributed by atoms with van der Waals surface area (Å²) in [7, 11) is -2.55. The Morgan fingerprint density at radius 2 is 2.09 bits per heavy atom. The topological polar surface area (TPSA) is 96.3 Å². The van der Waals surface area contributed by atoms with E-state index < -0.39 is 34.0 Å². The molecule has 0 spiro atoms. The van der Waals surface area contributed by atoms with E-state index in [1.165, 1.54) is 30.5 Å². The summed E-state index contributed by atoms with van der Waals surface area (Å²) in [6.07, 6.45) is 3.94. The van der Waals surface area contributed by atoms with Gasteiger partial charge in [-0.15, -0.1) is 11.3 Å². The number of amides is 1. The molecule has 176 valence electrons. The number of hydrogen-bond donors (Lipinski definition) is 2. The van der Waals surface area contributed by atoms with Gasteiger partial charge >= 0.3 is 0 Å². The first-order valence-electron chi connectivity index (χ1n) is 10.2. The smallest absolute Gasteiger partial charge is 0.280 e. The lowest BCUT2D eigenvalue weighted by molar-refractivity contribution is -0.120. The fourth-order valence-electron chi connectivity index (χ4n) is 3.55. The second-order valence-electron chi connectivity index (χ2n) is 8.10. The minimum atomic E-state index is -3.90. The summed E-state index contributed by atoms with van der Waals surface area (Å²) in [5, 5.41) is 8.79. The zero-order valence-corrected chi connectivity index (χ0v) is 20.5. The van der Waals surface area contributed by atoms with E-state index in [4.69, 9.17) is 11.6 Å². The van der Waals surface area contributed by atoms with E-state index in [9.17, 15) is 17.6 Å². The standard InChI is InChI=1S/C21H23ClFN5O3S2/c1-12(2)28-10-14(9-24-28)13-6-20(32-11-13)18-8-19(27(3)33(30,31)26-18)21(29)25-15-4-5-17(23)16(22)7-15/h4-7,9-12,18-19,26H,8H2,1-3H3,(H,25,29)/t18-,19+/m0/s1. The normalized spacial score (nSPS) is 20.8. The summed E-state index contributed by atoms with van der Waals surface area (Å²) in [5.74, 6) is -1.13. The molecule has 4 rings (SSSR count). The Hall–Kier alpha value is -2.31. The summed E-state index contributed by atoms with van der Waals surface area (Å²) in [4.78, 5) is 13.7. The summed E-state index contributed by atoms with van der Waals surface area (Å²) >= 11 is 7.20. The van der Waals surface area contributed by atoms with Crippen LogP contribution in [0.3, 0.4) is 0 Å². The zero-order chi connectivity index (χ0) is 23.9. The van der Waals surface area contributed by atoms with Gasteiger partial charge in [0.2, 0.25) is 5.91 Å². The maximum atomic E-state index is 13.4. The summed E-state index contributed by atoms with van der Waals surface area (Å²) in [6, 6.07) is 4.40. The summed E-state index contributed by atoms with van der Waals surface area (Å²) in [5.41, 5.74) is 2.15. The van der Waals surface area contributed by atoms with Gasteiger partial charge in [-0.2, -0.15) is 22.5 Å². The Morgan fingerprint density at radius 3 is 2.76 bits per heavy atom. The highest BCUT2D eigenvalue weighted by Gasteiger charge is 2.41. The van der Waals surface area contributed by atoms with Crippen LogP contribution in [0.1, 0.15) is 37.2 Å². The van der Waals surface area contributed by atoms with Gasteiger partial charge in [0.1, 0.15) is 11.9 Å². The van der Waals surface area contributed by atoms with E-state index in [1.54, 1.807) is 6.20 Å². The molecular weight excluding hydrogens is 489 g/mol. The number of nitrogens with zero attached hydrogens (tertiary/aromatic N) is 3. The van der Waals surface area contributed by atoms with Crippen LogP contribution < -0.4 is 10.0 Å². The zero-order valence-electron chi connectivity index (χ0n) is 18.1. The molecule has 0 radical (unpaired) electrons. The third-order valence-corrected chi connectivity index (χ3v) is 8.42. The third kappa shape index (κ3) is 4.97. The van der Waals surface area contributed by atoms with Crippen molar-refractivity contribution in [2.24, 2.45) is 0 Å². The van der Waals surface area contributed by atoms with E-state index in [0.29, 0.717) is 0 Å². The van der Waals surface area contributed by atoms with Gasteiger partial charge in [0.15, 0.2) is 0 Å². The molecule has 0 unspecified atom stereocenters. The molecule has 2 atom stereocenters. The van der Waals surface area contributed by atoms with E-state index in [2.05, 4.69) is 15.1 Å². The van der Waals surface area contributed by atoms with Gasteiger partial charge in [-0.3, -0.25) is 9.48 Å². The van der Waals surface area contributed by atoms with Crippen LogP contribution in [-0.2, 0) is 15.0 Å². The number of anilines is 1. The first-order chi connectivity index (χ1) is 15.5. The van der Waals surface area contributed by atoms with Crippen LogP contribution in [0, 0.1) is 5.82 Å². The maximum Gasteiger partial charge on any atom is 0.280 e. The third-order valence-electron chi connectivity index (χ3n) is 5.49. The molecule has 3 heterocycles. The van der Waals surface area contributed by atoms with E-state index in [1.807, 2.05) is 36.2 Å². The van der Waals surface area contributed by atoms with Crippen molar-refractivity contribution >= 4 is 44.7 Å². The lowest BCUT2D eigenvalue weighted by atomic mass is 10.0. The van der Waals surface area contributed by atoms with Gasteiger partial charge < -0.3 is 5.32 Å². The number of halogens is 2. The van der Waals surface area contributed by atoms with Crippen LogP contribution in [-0.4, -0.2) is 41.5 Å². The highest BCUT2D eigenvalue weighted by molar-refractivity contribution is 7.87. The Bertz CT molecular complexity index is 1290. The molecule has 33 heavy (non-hydrogen) atoms. The number of likely N-dealkylation sites (N-methyl/N-ethyl adjacent to an activating group) is 1. The van der Waals surface area contributed by atoms with Crippen LogP contribution in [0.25, 0.3) is 11.1 Å². The SMILES string of the molecule is CC(C)n1cc(-c2csc([C@@H]3C[C@H](C(=O)Nc4ccc(F)c(Cl)c4)N(C)S(=O)(=O)N3)c2)cn1. The number of carbonyl (C=O) groups is 1. The van der Waals surface area contributed by atoms with Gasteiger partial charge in [-0.1, -0.05) is 11.6 Å². The predicted molar refractivity (Wildman–Crippen MR) is 127 cm³/mol. The molecule has 8 nitrogen and oxygen atoms in total. The van der Waals surface area contributed by atoms with Crippen LogP contribution in [0.5, 0.6) is 0 Å². The Labute approximate surface area is 200 Å². The van der Waals surface area contributed by atoms with Crippen molar-refractivity contribution in [2.75, 3.05) is 12.4 Å². The minimum absolute atomic E-state index is 0.135. The quantitative estimate of drug-likeness (QED) is 0.536. The van der Waals surface area contributed by atoms with Crippen molar-refractivity contribution in [3.63, 3.8) is 0 Å². The molecule has 2 N–H and O–H groups in total. The van der Waals surface area contributed by atoms with Crippen molar-refractivity contribution in [1.82, 2.24) is 18.8 Å². The summed E-state index contributed by atoms with van der Waals surface area (Å²) < 4.78 is 44.4. The first-order valence-corrected chi connectivity index (χ1v) is 12.9. The van der Waals surface area contributed by atoms with Gasteiger partial charge in [-0.05, 0) is 55.5 Å². The van der Waals surface area contributed by atoms with E-state index in [0.717, 1.165) is 26.4 Å². The van der Waals surface area contributed by atoms with Crippen LogP contribution in [0.4, 0.5) is 10.1 Å². The molecule has 12 heteroatoms. The van der Waals surface area contributed by atoms with E-state index in [-0.39, 0.29) is 23.2 Å². The molecule has 1 amide bonds. The molecule has 1 aliphatic rings. The van der Waals surface area contributed by atoms with Crippen molar-refractivity contribution in [3.05, 3.63) is 57.8 Å². The first kappa shape index (κ1) is 23.8. The molecule has 1 saturated heterocycles. The second-order valence-corrected chi connectivity index (χ2v) is 11.2. The van der Waals surface area contributed by atoms with Gasteiger partial charge in [0.05, 0.1) is 17.3 Å². The van der Waals surface area contributed by atoms with Crippen LogP contribution in [0.15, 0.2) is 42.0 Å². The van der Waals surface area contributed by atoms with Crippen LogP contribution >= 0.6 is 22.9 Å². The maximum absolute atomic E-state index is 13.4. The number of nitrogens with one attached hydrogen (secondary N) is 2. The molecule has 0 aliphatic carbocycles. The largest absolute Gasteiger partial charge is 0.325 e. The molecule has 1 fully saturated rings. The van der Waals surface area contributed by atoms with E-state index >= 15 is 0 Å². The highest BCUT2D eigenvalue weighted by atomic mass is 35.5. The molecule has 1 aromatic carbocycles. The monoisotopic (exact) mass is 511 g/mol. The molecule has 3 aromatic rings. The number of rotatable bonds is 5. The van der Waals surface area contributed by atoms with Crippen molar-refractivity contribution < 1.29 is 17.6 Å². The lowest BCUT2D eigenvalue weighted by Crippen LogP contribution is -2.55. The number of aromatic nitrogens is 2. The number of hydrogen-bond acceptors (Lipinski definition) is 5. The Kier molecular flexibility index (Phi) is 6.61. The van der Waals surface area contributed by atoms with Gasteiger partial charge in [-0.25, -0.2) is 4.39 Å². The molecule has 1 aliphatic heterocycles. The predicted octanol–water partition coefficient (Wildman–Crippen LogP) is 4.20. The highest BCUT2D eigenvalue weighted by Crippen LogP contribution is 2.35. The number of thiophene rings is 1. The average Bonchev–Trinajstić information content (AvgIpc) is 3.42. The van der Waals surface area contributed by atoms with Crippen molar-refractivity contribution in [2.45, 2.75) is 38.4 Å².